The average Bonchev–Trinajstić information content (AvgIpc) is 2.98. The second-order valence-electron chi connectivity index (χ2n) is 8.04. The van der Waals surface area contributed by atoms with Gasteiger partial charge in [0.15, 0.2) is 5.82 Å². The van der Waals surface area contributed by atoms with Gasteiger partial charge < -0.3 is 0 Å². The molecule has 1 aromatic carbocycles. The zero-order valence-electron chi connectivity index (χ0n) is 15.0. The molecule has 0 saturated heterocycles. The summed E-state index contributed by atoms with van der Waals surface area (Å²) < 4.78 is 69.1. The second-order valence-corrected chi connectivity index (χ2v) is 8.04. The maximum atomic E-state index is 14.6. The highest BCUT2D eigenvalue weighted by molar-refractivity contribution is 6.11. The molecule has 2 aliphatic rings. The Balaban J connectivity index is 2.00. The molecule has 1 aliphatic heterocycles. The summed E-state index contributed by atoms with van der Waals surface area (Å²) in [5, 5.41) is 5.58. The number of aliphatic imine (C=N–C) groups is 1. The zero-order chi connectivity index (χ0) is 20.4. The molecule has 28 heavy (non-hydrogen) atoms. The number of halogens is 5. The highest BCUT2D eigenvalue weighted by atomic mass is 19.4. The van der Waals surface area contributed by atoms with E-state index in [2.05, 4.69) is 10.1 Å². The predicted octanol–water partition coefficient (Wildman–Crippen LogP) is 4.93. The number of Topliss-reactive ketones (excluding diaryl/α,β-unsaturated/α-hetero) is 1. The van der Waals surface area contributed by atoms with Gasteiger partial charge in [-0.05, 0) is 35.6 Å². The Hall–Kier alpha value is -2.58. The lowest BCUT2D eigenvalue weighted by Gasteiger charge is -2.40. The molecular weight excluding hydrogens is 381 g/mol. The summed E-state index contributed by atoms with van der Waals surface area (Å²) in [7, 11) is 0. The lowest BCUT2D eigenvalue weighted by Crippen LogP contribution is -2.43. The third-order valence-corrected chi connectivity index (χ3v) is 5.27. The number of aromatic amines is 1. The van der Waals surface area contributed by atoms with Gasteiger partial charge >= 0.3 is 6.18 Å². The van der Waals surface area contributed by atoms with Gasteiger partial charge in [0.1, 0.15) is 23.1 Å². The van der Waals surface area contributed by atoms with E-state index in [0.717, 1.165) is 18.2 Å². The van der Waals surface area contributed by atoms with Crippen molar-refractivity contribution < 1.29 is 26.7 Å². The minimum absolute atomic E-state index is 0.110. The standard InChI is InChI=1S/C19H16F5N3O/c1-18(2)6-11-14(12(28)7-18)13(9-5-8(20)3-4-10(9)21)15-16(19(22,23)24)26-27-17(15)25-11/h3-5,13-14H,6-7H2,1-2H3,(H,26,27). The monoisotopic (exact) mass is 397 g/mol. The van der Waals surface area contributed by atoms with Gasteiger partial charge in [-0.3, -0.25) is 9.89 Å². The predicted molar refractivity (Wildman–Crippen MR) is 90.4 cm³/mol. The minimum atomic E-state index is -4.81. The van der Waals surface area contributed by atoms with Crippen molar-refractivity contribution in [2.24, 2.45) is 16.3 Å². The number of benzene rings is 1. The summed E-state index contributed by atoms with van der Waals surface area (Å²) in [6.07, 6.45) is -4.35. The van der Waals surface area contributed by atoms with Gasteiger partial charge in [0.05, 0.1) is 5.92 Å². The Morgan fingerprint density at radius 2 is 1.86 bits per heavy atom. The van der Waals surface area contributed by atoms with Crippen LogP contribution in [0.4, 0.5) is 27.8 Å². The van der Waals surface area contributed by atoms with Crippen LogP contribution in [-0.4, -0.2) is 21.7 Å². The maximum Gasteiger partial charge on any atom is 0.433 e. The van der Waals surface area contributed by atoms with Crippen LogP contribution < -0.4 is 0 Å². The van der Waals surface area contributed by atoms with E-state index in [-0.39, 0.29) is 23.6 Å². The molecule has 0 spiro atoms. The summed E-state index contributed by atoms with van der Waals surface area (Å²) in [4.78, 5) is 17.1. The van der Waals surface area contributed by atoms with Crippen LogP contribution in [-0.2, 0) is 11.0 Å². The second kappa shape index (κ2) is 5.96. The Morgan fingerprint density at radius 3 is 2.54 bits per heavy atom. The number of nitrogens with zero attached hydrogens (tertiary/aromatic N) is 2. The fraction of sp³-hybridized carbons (Fsp3) is 0.421. The molecule has 2 unspecified atom stereocenters. The van der Waals surface area contributed by atoms with Crippen molar-refractivity contribution in [1.82, 2.24) is 10.2 Å². The van der Waals surface area contributed by atoms with E-state index in [0.29, 0.717) is 12.1 Å². The molecule has 9 heteroatoms. The van der Waals surface area contributed by atoms with E-state index in [9.17, 15) is 26.7 Å². The Labute approximate surface area is 156 Å². The van der Waals surface area contributed by atoms with Crippen LogP contribution in [0.1, 0.15) is 49.4 Å². The molecule has 1 aromatic heterocycles. The molecule has 4 rings (SSSR count). The molecule has 2 atom stereocenters. The highest BCUT2D eigenvalue weighted by Gasteiger charge is 2.50. The number of fused-ring (bicyclic) bond motifs is 2. The number of H-pyrrole nitrogens is 1. The highest BCUT2D eigenvalue weighted by Crippen LogP contribution is 2.51. The van der Waals surface area contributed by atoms with Gasteiger partial charge in [-0.25, -0.2) is 13.8 Å². The fourth-order valence-electron chi connectivity index (χ4n) is 4.25. The number of rotatable bonds is 1. The van der Waals surface area contributed by atoms with Crippen molar-refractivity contribution in [2.45, 2.75) is 38.8 Å². The summed E-state index contributed by atoms with van der Waals surface area (Å²) in [5.41, 5.74) is -2.00. The summed E-state index contributed by atoms with van der Waals surface area (Å²) in [6.45, 7) is 3.70. The molecule has 1 fully saturated rings. The molecule has 1 saturated carbocycles. The number of alkyl halides is 3. The van der Waals surface area contributed by atoms with E-state index in [1.165, 1.54) is 0 Å². The van der Waals surface area contributed by atoms with Gasteiger partial charge in [-0.2, -0.15) is 18.3 Å². The lowest BCUT2D eigenvalue weighted by atomic mass is 9.63. The summed E-state index contributed by atoms with van der Waals surface area (Å²) in [5.74, 6) is -4.71. The van der Waals surface area contributed by atoms with Gasteiger partial charge in [-0.15, -0.1) is 0 Å². The quantitative estimate of drug-likeness (QED) is 0.694. The number of carbonyl (C=O) groups excluding carboxylic acids is 1. The maximum absolute atomic E-state index is 14.6. The third kappa shape index (κ3) is 2.93. The van der Waals surface area contributed by atoms with E-state index < -0.39 is 46.3 Å². The first-order valence-electron chi connectivity index (χ1n) is 8.68. The zero-order valence-corrected chi connectivity index (χ0v) is 15.0. The molecule has 0 amide bonds. The number of aromatic nitrogens is 2. The minimum Gasteiger partial charge on any atom is -0.299 e. The molecule has 1 N–H and O–H groups in total. The molecule has 148 valence electrons. The molecule has 2 aromatic rings. The SMILES string of the molecule is CC1(C)CC(=O)C2C(=Nc3n[nH]c(C(F)(F)F)c3C2c2cc(F)ccc2F)C1. The van der Waals surface area contributed by atoms with Gasteiger partial charge in [0.2, 0.25) is 0 Å². The van der Waals surface area contributed by atoms with Crippen LogP contribution in [0.3, 0.4) is 0 Å². The molecular formula is C19H16F5N3O. The molecule has 4 nitrogen and oxygen atoms in total. The van der Waals surface area contributed by atoms with Crippen LogP contribution in [0.5, 0.6) is 0 Å². The average molecular weight is 397 g/mol. The molecule has 1 aliphatic carbocycles. The van der Waals surface area contributed by atoms with Gasteiger partial charge in [0, 0.05) is 23.6 Å². The van der Waals surface area contributed by atoms with Crippen molar-refractivity contribution >= 4 is 17.3 Å². The van der Waals surface area contributed by atoms with Crippen molar-refractivity contribution in [1.29, 1.82) is 0 Å². The van der Waals surface area contributed by atoms with Crippen LogP contribution in [0.2, 0.25) is 0 Å². The topological polar surface area (TPSA) is 58.1 Å². The Kier molecular flexibility index (Phi) is 3.99. The van der Waals surface area contributed by atoms with Crippen LogP contribution >= 0.6 is 0 Å². The van der Waals surface area contributed by atoms with E-state index in [1.54, 1.807) is 0 Å². The first-order valence-corrected chi connectivity index (χ1v) is 8.68. The fourth-order valence-corrected chi connectivity index (χ4v) is 4.25. The molecule has 0 bridgehead atoms. The van der Waals surface area contributed by atoms with E-state index in [4.69, 9.17) is 0 Å². The van der Waals surface area contributed by atoms with Gasteiger partial charge in [0.25, 0.3) is 0 Å². The first-order chi connectivity index (χ1) is 13.0. The normalized spacial score (nSPS) is 23.8. The van der Waals surface area contributed by atoms with Crippen LogP contribution in [0.15, 0.2) is 23.2 Å². The summed E-state index contributed by atoms with van der Waals surface area (Å²) >= 11 is 0. The Bertz CT molecular complexity index is 1010. The van der Waals surface area contributed by atoms with Crippen molar-refractivity contribution in [3.63, 3.8) is 0 Å². The lowest BCUT2D eigenvalue weighted by molar-refractivity contribution is -0.142. The van der Waals surface area contributed by atoms with Crippen LogP contribution in [0, 0.1) is 23.0 Å². The molecule has 0 radical (unpaired) electrons. The smallest absolute Gasteiger partial charge is 0.299 e. The first kappa shape index (κ1) is 18.8. The van der Waals surface area contributed by atoms with E-state index >= 15 is 0 Å². The van der Waals surface area contributed by atoms with Crippen LogP contribution in [0.25, 0.3) is 0 Å². The van der Waals surface area contributed by atoms with Gasteiger partial charge in [-0.1, -0.05) is 13.8 Å². The molecule has 2 heterocycles. The largest absolute Gasteiger partial charge is 0.433 e. The van der Waals surface area contributed by atoms with Crippen molar-refractivity contribution in [2.75, 3.05) is 0 Å². The van der Waals surface area contributed by atoms with Crippen molar-refractivity contribution in [3.05, 3.63) is 46.7 Å². The summed E-state index contributed by atoms with van der Waals surface area (Å²) in [6, 6.07) is 2.57. The number of nitrogens with one attached hydrogen (secondary N) is 1. The van der Waals surface area contributed by atoms with Crippen molar-refractivity contribution in [3.8, 4) is 0 Å². The van der Waals surface area contributed by atoms with E-state index in [1.807, 2.05) is 18.9 Å². The number of carbonyl (C=O) groups is 1. The number of hydrogen-bond donors (Lipinski definition) is 1. The number of hydrogen-bond acceptors (Lipinski definition) is 3. The Morgan fingerprint density at radius 1 is 1.14 bits per heavy atom. The third-order valence-electron chi connectivity index (χ3n) is 5.27. The number of ketones is 1.